The molecule has 20 heavy (non-hydrogen) atoms. The van der Waals surface area contributed by atoms with Gasteiger partial charge >= 0.3 is 0 Å². The molecule has 1 fully saturated rings. The Hall–Kier alpha value is -1.43. The summed E-state index contributed by atoms with van der Waals surface area (Å²) in [6.07, 6.45) is 4.46. The summed E-state index contributed by atoms with van der Waals surface area (Å²) in [7, 11) is 0. The number of amides is 1. The topological polar surface area (TPSA) is 77.0 Å². The van der Waals surface area contributed by atoms with Gasteiger partial charge in [0.25, 0.3) is 0 Å². The highest BCUT2D eigenvalue weighted by Crippen LogP contribution is 2.25. The number of nitrogens with two attached hydrogens (primary N) is 1. The maximum atomic E-state index is 11.1. The van der Waals surface area contributed by atoms with E-state index in [1.54, 1.807) is 0 Å². The predicted octanol–water partition coefficient (Wildman–Crippen LogP) is 1.05. The summed E-state index contributed by atoms with van der Waals surface area (Å²) < 4.78 is 2.05. The normalized spacial score (nSPS) is 20.2. The number of carbonyl (C=O) groups excluding carboxylic acids is 1. The molecule has 0 unspecified atom stereocenters. The average Bonchev–Trinajstić information content (AvgIpc) is 2.77. The Labute approximate surface area is 120 Å². The van der Waals surface area contributed by atoms with Crippen molar-refractivity contribution < 1.29 is 4.79 Å². The van der Waals surface area contributed by atoms with E-state index in [1.165, 1.54) is 0 Å². The van der Waals surface area contributed by atoms with Crippen LogP contribution in [0, 0.1) is 6.92 Å². The lowest BCUT2D eigenvalue weighted by Crippen LogP contribution is -2.40. The minimum absolute atomic E-state index is 0.255. The molecule has 1 amide bonds. The molecule has 2 rings (SSSR count). The molecule has 112 valence electrons. The molecule has 0 aliphatic carbocycles. The van der Waals surface area contributed by atoms with Crippen molar-refractivity contribution in [2.75, 3.05) is 19.6 Å². The van der Waals surface area contributed by atoms with Crippen molar-refractivity contribution in [3.63, 3.8) is 0 Å². The van der Waals surface area contributed by atoms with Crippen molar-refractivity contribution in [3.8, 4) is 0 Å². The molecule has 1 aliphatic heterocycles. The molecule has 0 saturated carbocycles. The minimum atomic E-state index is -0.255. The van der Waals surface area contributed by atoms with Crippen LogP contribution in [-0.4, -0.2) is 45.2 Å². The van der Waals surface area contributed by atoms with Crippen molar-refractivity contribution in [2.45, 2.75) is 52.0 Å². The first kappa shape index (κ1) is 15.0. The number of aromatic nitrogens is 3. The van der Waals surface area contributed by atoms with E-state index >= 15 is 0 Å². The van der Waals surface area contributed by atoms with Crippen molar-refractivity contribution in [3.05, 3.63) is 11.6 Å². The van der Waals surface area contributed by atoms with Gasteiger partial charge in [-0.1, -0.05) is 13.3 Å². The van der Waals surface area contributed by atoms with Crippen LogP contribution in [0.2, 0.25) is 0 Å². The number of likely N-dealkylation sites (tertiary alicyclic amines) is 1. The third kappa shape index (κ3) is 3.79. The number of rotatable bonds is 6. The zero-order chi connectivity index (χ0) is 14.5. The van der Waals surface area contributed by atoms with E-state index in [-0.39, 0.29) is 5.91 Å². The van der Waals surface area contributed by atoms with Crippen molar-refractivity contribution in [2.24, 2.45) is 5.73 Å². The second-order valence-corrected chi connectivity index (χ2v) is 5.63. The average molecular weight is 279 g/mol. The Bertz CT molecular complexity index is 456. The lowest BCUT2D eigenvalue weighted by atomic mass is 9.97. The summed E-state index contributed by atoms with van der Waals surface area (Å²) in [5.74, 6) is 2.02. The Balaban J connectivity index is 2.07. The zero-order valence-corrected chi connectivity index (χ0v) is 12.5. The van der Waals surface area contributed by atoms with Crippen molar-refractivity contribution >= 4 is 5.91 Å². The molecular formula is C14H25N5O. The number of unbranched alkanes of at least 4 members (excludes halogenated alkanes) is 1. The van der Waals surface area contributed by atoms with Gasteiger partial charge in [-0.25, -0.2) is 9.67 Å². The van der Waals surface area contributed by atoms with E-state index in [4.69, 9.17) is 5.73 Å². The molecule has 1 aromatic heterocycles. The van der Waals surface area contributed by atoms with E-state index in [0.29, 0.717) is 12.5 Å². The number of hydrogen-bond acceptors (Lipinski definition) is 4. The summed E-state index contributed by atoms with van der Waals surface area (Å²) in [5.41, 5.74) is 5.29. The van der Waals surface area contributed by atoms with E-state index in [9.17, 15) is 4.79 Å². The number of nitrogens with zero attached hydrogens (tertiary/aromatic N) is 4. The van der Waals surface area contributed by atoms with E-state index < -0.39 is 0 Å². The Morgan fingerprint density at radius 3 is 3.00 bits per heavy atom. The number of hydrogen-bond donors (Lipinski definition) is 1. The molecule has 1 aliphatic rings. The molecule has 0 radical (unpaired) electrons. The van der Waals surface area contributed by atoms with Crippen LogP contribution in [0.4, 0.5) is 0 Å². The van der Waals surface area contributed by atoms with Crippen LogP contribution < -0.4 is 5.73 Å². The lowest BCUT2D eigenvalue weighted by Gasteiger charge is -2.31. The Morgan fingerprint density at radius 1 is 1.50 bits per heavy atom. The van der Waals surface area contributed by atoms with E-state index in [0.717, 1.165) is 57.0 Å². The highest BCUT2D eigenvalue weighted by molar-refractivity contribution is 5.75. The van der Waals surface area contributed by atoms with Gasteiger partial charge in [0.1, 0.15) is 11.6 Å². The summed E-state index contributed by atoms with van der Waals surface area (Å²) >= 11 is 0. The van der Waals surface area contributed by atoms with Crippen LogP contribution in [0.1, 0.15) is 50.2 Å². The van der Waals surface area contributed by atoms with Gasteiger partial charge in [-0.2, -0.15) is 5.10 Å². The molecule has 1 atom stereocenters. The van der Waals surface area contributed by atoms with Crippen LogP contribution in [0.25, 0.3) is 0 Å². The van der Waals surface area contributed by atoms with Crippen molar-refractivity contribution in [1.82, 2.24) is 19.7 Å². The summed E-state index contributed by atoms with van der Waals surface area (Å²) in [4.78, 5) is 17.8. The first-order valence-corrected chi connectivity index (χ1v) is 7.52. The Morgan fingerprint density at radius 2 is 2.30 bits per heavy atom. The summed E-state index contributed by atoms with van der Waals surface area (Å²) in [6, 6.07) is 0. The van der Waals surface area contributed by atoms with Crippen LogP contribution in [-0.2, 0) is 11.3 Å². The van der Waals surface area contributed by atoms with Crippen molar-refractivity contribution in [1.29, 1.82) is 0 Å². The molecule has 0 bridgehead atoms. The summed E-state index contributed by atoms with van der Waals surface area (Å²) in [5, 5.41) is 4.50. The highest BCUT2D eigenvalue weighted by Gasteiger charge is 2.26. The van der Waals surface area contributed by atoms with Gasteiger partial charge < -0.3 is 5.73 Å². The first-order valence-electron chi connectivity index (χ1n) is 7.52. The summed E-state index contributed by atoms with van der Waals surface area (Å²) in [6.45, 7) is 7.20. The molecular weight excluding hydrogens is 254 g/mol. The lowest BCUT2D eigenvalue weighted by molar-refractivity contribution is -0.119. The van der Waals surface area contributed by atoms with Crippen LogP contribution in [0.3, 0.4) is 0 Å². The van der Waals surface area contributed by atoms with Gasteiger partial charge in [0.15, 0.2) is 0 Å². The minimum Gasteiger partial charge on any atom is -0.369 e. The van der Waals surface area contributed by atoms with Gasteiger partial charge in [-0.3, -0.25) is 9.69 Å². The molecule has 6 nitrogen and oxygen atoms in total. The molecule has 2 heterocycles. The quantitative estimate of drug-likeness (QED) is 0.844. The van der Waals surface area contributed by atoms with E-state index in [2.05, 4.69) is 26.6 Å². The standard InChI is InChI=1S/C14H25N5O/c1-3-4-8-19-14(16-11(2)17-19)12-6-5-7-18(9-12)10-13(15)20/h12H,3-10H2,1-2H3,(H2,15,20)/t12-/m1/s1. The fraction of sp³-hybridized carbons (Fsp3) is 0.786. The molecule has 0 aromatic carbocycles. The second-order valence-electron chi connectivity index (χ2n) is 5.63. The number of piperidine rings is 1. The smallest absolute Gasteiger partial charge is 0.231 e. The zero-order valence-electron chi connectivity index (χ0n) is 12.5. The molecule has 2 N–H and O–H groups in total. The van der Waals surface area contributed by atoms with Gasteiger partial charge in [0.2, 0.25) is 5.91 Å². The monoisotopic (exact) mass is 279 g/mol. The molecule has 0 spiro atoms. The van der Waals surface area contributed by atoms with Gasteiger partial charge in [0, 0.05) is 19.0 Å². The first-order chi connectivity index (χ1) is 9.60. The molecule has 6 heteroatoms. The number of primary amides is 1. The fourth-order valence-electron chi connectivity index (χ4n) is 2.88. The molecule has 1 aromatic rings. The third-order valence-electron chi connectivity index (χ3n) is 3.78. The van der Waals surface area contributed by atoms with Gasteiger partial charge in [0.05, 0.1) is 6.54 Å². The van der Waals surface area contributed by atoms with Gasteiger partial charge in [-0.05, 0) is 32.7 Å². The maximum absolute atomic E-state index is 11.1. The highest BCUT2D eigenvalue weighted by atomic mass is 16.1. The van der Waals surface area contributed by atoms with Gasteiger partial charge in [-0.15, -0.1) is 0 Å². The third-order valence-corrected chi connectivity index (χ3v) is 3.78. The SMILES string of the molecule is CCCCn1nc(C)nc1[C@@H]1CCCN(CC(N)=O)C1. The van der Waals surface area contributed by atoms with Crippen LogP contribution in [0.15, 0.2) is 0 Å². The number of carbonyl (C=O) groups is 1. The van der Waals surface area contributed by atoms with Crippen LogP contribution in [0.5, 0.6) is 0 Å². The second kappa shape index (κ2) is 6.83. The number of aryl methyl sites for hydroxylation is 2. The largest absolute Gasteiger partial charge is 0.369 e. The van der Waals surface area contributed by atoms with Crippen LogP contribution >= 0.6 is 0 Å². The van der Waals surface area contributed by atoms with E-state index in [1.807, 2.05) is 6.92 Å². The predicted molar refractivity (Wildman–Crippen MR) is 77.3 cm³/mol. The fourth-order valence-corrected chi connectivity index (χ4v) is 2.88. The maximum Gasteiger partial charge on any atom is 0.231 e. The molecule has 1 saturated heterocycles. The Kier molecular flexibility index (Phi) is 5.11.